The van der Waals surface area contributed by atoms with E-state index in [-0.39, 0.29) is 5.91 Å². The third kappa shape index (κ3) is 3.61. The number of nitrogens with two attached hydrogens (primary N) is 1. The van der Waals surface area contributed by atoms with Crippen LogP contribution in [0, 0.1) is 5.92 Å². The van der Waals surface area contributed by atoms with Crippen molar-refractivity contribution in [2.45, 2.75) is 12.8 Å². The average Bonchev–Trinajstić information content (AvgIpc) is 2.80. The number of carbonyl (C=O) groups excluding carboxylic acids is 1. The van der Waals surface area contributed by atoms with E-state index in [9.17, 15) is 4.79 Å². The van der Waals surface area contributed by atoms with E-state index < -0.39 is 0 Å². The molecule has 112 valence electrons. The van der Waals surface area contributed by atoms with Crippen LogP contribution in [0.25, 0.3) is 0 Å². The summed E-state index contributed by atoms with van der Waals surface area (Å²) in [7, 11) is 5.91. The van der Waals surface area contributed by atoms with Crippen molar-refractivity contribution >= 4 is 28.2 Å². The van der Waals surface area contributed by atoms with Crippen LogP contribution < -0.4 is 16.0 Å². The molecule has 0 saturated carbocycles. The molecule has 1 saturated heterocycles. The lowest BCUT2D eigenvalue weighted by molar-refractivity contribution is 0.0944. The molecule has 2 heterocycles. The zero-order valence-electron chi connectivity index (χ0n) is 12.3. The largest absolute Gasteiger partial charge is 0.382 e. The van der Waals surface area contributed by atoms with Gasteiger partial charge in [0.1, 0.15) is 10.7 Å². The molecule has 0 radical (unpaired) electrons. The predicted molar refractivity (Wildman–Crippen MR) is 83.4 cm³/mol. The standard InChI is InChI=1S/C13H23N5OS/c1-17(2)13-16-11(14)10(20-13)12(19)15-8-9-4-6-18(3)7-5-9/h9H,4-8,14H2,1-3H3,(H,15,19). The van der Waals surface area contributed by atoms with Crippen molar-refractivity contribution in [2.24, 2.45) is 5.92 Å². The highest BCUT2D eigenvalue weighted by atomic mass is 32.1. The van der Waals surface area contributed by atoms with E-state index in [1.807, 2.05) is 19.0 Å². The molecule has 0 unspecified atom stereocenters. The van der Waals surface area contributed by atoms with Crippen molar-refractivity contribution in [3.05, 3.63) is 4.88 Å². The minimum absolute atomic E-state index is 0.105. The van der Waals surface area contributed by atoms with Crippen LogP contribution in [0.5, 0.6) is 0 Å². The first-order valence-corrected chi connectivity index (χ1v) is 7.69. The first-order chi connectivity index (χ1) is 9.47. The SMILES string of the molecule is CN1CCC(CNC(=O)c2sc(N(C)C)nc2N)CC1. The Bertz CT molecular complexity index is 465. The molecule has 2 rings (SSSR count). The lowest BCUT2D eigenvalue weighted by atomic mass is 9.97. The van der Waals surface area contributed by atoms with Gasteiger partial charge in [0, 0.05) is 20.6 Å². The van der Waals surface area contributed by atoms with Crippen molar-refractivity contribution in [2.75, 3.05) is 51.4 Å². The molecule has 0 bridgehead atoms. The molecule has 0 aliphatic carbocycles. The number of nitrogens with zero attached hydrogens (tertiary/aromatic N) is 3. The van der Waals surface area contributed by atoms with E-state index in [2.05, 4.69) is 22.2 Å². The second-order valence-electron chi connectivity index (χ2n) is 5.56. The van der Waals surface area contributed by atoms with Gasteiger partial charge in [-0.25, -0.2) is 4.98 Å². The number of hydrogen-bond donors (Lipinski definition) is 2. The number of nitrogens with one attached hydrogen (secondary N) is 1. The van der Waals surface area contributed by atoms with Crippen LogP contribution >= 0.6 is 11.3 Å². The van der Waals surface area contributed by atoms with Crippen LogP contribution in [-0.2, 0) is 0 Å². The van der Waals surface area contributed by atoms with Crippen LogP contribution in [0.4, 0.5) is 10.9 Å². The summed E-state index contributed by atoms with van der Waals surface area (Å²) >= 11 is 1.33. The lowest BCUT2D eigenvalue weighted by Crippen LogP contribution is -2.36. The fourth-order valence-corrected chi connectivity index (χ4v) is 3.08. The van der Waals surface area contributed by atoms with E-state index in [0.717, 1.165) is 37.6 Å². The monoisotopic (exact) mass is 297 g/mol. The third-order valence-corrected chi connectivity index (χ3v) is 4.86. The summed E-state index contributed by atoms with van der Waals surface area (Å²) in [5.41, 5.74) is 5.81. The molecule has 6 nitrogen and oxygen atoms in total. The van der Waals surface area contributed by atoms with E-state index in [0.29, 0.717) is 16.6 Å². The summed E-state index contributed by atoms with van der Waals surface area (Å²) in [6.07, 6.45) is 2.27. The van der Waals surface area contributed by atoms with E-state index >= 15 is 0 Å². The summed E-state index contributed by atoms with van der Waals surface area (Å²) in [5, 5.41) is 3.75. The Labute approximate surface area is 124 Å². The Morgan fingerprint density at radius 3 is 2.70 bits per heavy atom. The fourth-order valence-electron chi connectivity index (χ4n) is 2.26. The number of amides is 1. The summed E-state index contributed by atoms with van der Waals surface area (Å²) in [5.74, 6) is 0.782. The maximum atomic E-state index is 12.2. The van der Waals surface area contributed by atoms with Crippen molar-refractivity contribution in [3.8, 4) is 0 Å². The van der Waals surface area contributed by atoms with Gasteiger partial charge >= 0.3 is 0 Å². The van der Waals surface area contributed by atoms with E-state index in [4.69, 9.17) is 5.73 Å². The van der Waals surface area contributed by atoms with Gasteiger partial charge in [0.05, 0.1) is 0 Å². The Morgan fingerprint density at radius 2 is 2.15 bits per heavy atom. The third-order valence-electron chi connectivity index (χ3n) is 3.62. The van der Waals surface area contributed by atoms with Gasteiger partial charge in [-0.1, -0.05) is 11.3 Å². The molecule has 1 amide bonds. The van der Waals surface area contributed by atoms with Crippen LogP contribution in [0.3, 0.4) is 0 Å². The predicted octanol–water partition coefficient (Wildman–Crippen LogP) is 0.863. The number of likely N-dealkylation sites (tertiary alicyclic amines) is 1. The van der Waals surface area contributed by atoms with Crippen LogP contribution in [-0.4, -0.2) is 56.6 Å². The normalized spacial score (nSPS) is 17.1. The first kappa shape index (κ1) is 15.1. The molecular weight excluding hydrogens is 274 g/mol. The first-order valence-electron chi connectivity index (χ1n) is 6.87. The molecule has 1 aromatic rings. The molecule has 3 N–H and O–H groups in total. The Hall–Kier alpha value is -1.34. The molecule has 1 aromatic heterocycles. The van der Waals surface area contributed by atoms with Gasteiger partial charge in [0.15, 0.2) is 5.13 Å². The van der Waals surface area contributed by atoms with Crippen molar-refractivity contribution in [1.82, 2.24) is 15.2 Å². The van der Waals surface area contributed by atoms with Crippen LogP contribution in [0.2, 0.25) is 0 Å². The van der Waals surface area contributed by atoms with Gasteiger partial charge in [-0.05, 0) is 38.9 Å². The van der Waals surface area contributed by atoms with E-state index in [1.54, 1.807) is 0 Å². The zero-order chi connectivity index (χ0) is 14.7. The molecule has 1 aliphatic heterocycles. The minimum atomic E-state index is -0.105. The topological polar surface area (TPSA) is 74.5 Å². The quantitative estimate of drug-likeness (QED) is 0.862. The summed E-state index contributed by atoms with van der Waals surface area (Å²) in [4.78, 5) is 21.0. The number of nitrogen functional groups attached to an aromatic ring is 1. The number of piperidine rings is 1. The fraction of sp³-hybridized carbons (Fsp3) is 0.692. The lowest BCUT2D eigenvalue weighted by Gasteiger charge is -2.28. The molecule has 1 fully saturated rings. The molecule has 0 spiro atoms. The Morgan fingerprint density at radius 1 is 1.50 bits per heavy atom. The molecule has 20 heavy (non-hydrogen) atoms. The smallest absolute Gasteiger partial charge is 0.265 e. The second kappa shape index (κ2) is 6.41. The highest BCUT2D eigenvalue weighted by molar-refractivity contribution is 7.18. The molecule has 0 aromatic carbocycles. The number of rotatable bonds is 4. The van der Waals surface area contributed by atoms with Gasteiger partial charge in [-0.15, -0.1) is 0 Å². The van der Waals surface area contributed by atoms with Crippen molar-refractivity contribution in [1.29, 1.82) is 0 Å². The van der Waals surface area contributed by atoms with Gasteiger partial charge in [-0.3, -0.25) is 4.79 Å². The summed E-state index contributed by atoms with van der Waals surface area (Å²) in [6.45, 7) is 2.93. The van der Waals surface area contributed by atoms with E-state index in [1.165, 1.54) is 11.3 Å². The Balaban J connectivity index is 1.88. The van der Waals surface area contributed by atoms with Gasteiger partial charge in [0.25, 0.3) is 5.91 Å². The average molecular weight is 297 g/mol. The minimum Gasteiger partial charge on any atom is -0.382 e. The number of thiazole rings is 1. The highest BCUT2D eigenvalue weighted by Crippen LogP contribution is 2.26. The summed E-state index contributed by atoms with van der Waals surface area (Å²) in [6, 6.07) is 0. The number of hydrogen-bond acceptors (Lipinski definition) is 6. The van der Waals surface area contributed by atoms with Gasteiger partial charge in [-0.2, -0.15) is 0 Å². The molecule has 1 aliphatic rings. The maximum Gasteiger partial charge on any atom is 0.265 e. The van der Waals surface area contributed by atoms with Crippen LogP contribution in [0.1, 0.15) is 22.5 Å². The van der Waals surface area contributed by atoms with Gasteiger partial charge < -0.3 is 20.9 Å². The summed E-state index contributed by atoms with van der Waals surface area (Å²) < 4.78 is 0. The van der Waals surface area contributed by atoms with Gasteiger partial charge in [0.2, 0.25) is 0 Å². The van der Waals surface area contributed by atoms with Crippen molar-refractivity contribution < 1.29 is 4.79 Å². The molecule has 0 atom stereocenters. The van der Waals surface area contributed by atoms with Crippen molar-refractivity contribution in [3.63, 3.8) is 0 Å². The Kier molecular flexibility index (Phi) is 4.82. The molecular formula is C13H23N5OS. The number of aromatic nitrogens is 1. The number of anilines is 2. The number of carbonyl (C=O) groups is 1. The van der Waals surface area contributed by atoms with Crippen LogP contribution in [0.15, 0.2) is 0 Å². The highest BCUT2D eigenvalue weighted by Gasteiger charge is 2.20. The zero-order valence-corrected chi connectivity index (χ0v) is 13.2. The molecule has 7 heteroatoms. The second-order valence-corrected chi connectivity index (χ2v) is 6.54. The maximum absolute atomic E-state index is 12.2.